The molecule has 0 spiro atoms. The highest BCUT2D eigenvalue weighted by Gasteiger charge is 2.03. The average Bonchev–Trinajstić information content (AvgIpc) is 2.45. The average molecular weight is 290 g/mol. The van der Waals surface area contributed by atoms with Crippen molar-refractivity contribution in [1.29, 1.82) is 0 Å². The van der Waals surface area contributed by atoms with Crippen molar-refractivity contribution in [2.24, 2.45) is 0 Å². The molecular formula is C16H16ClNS. The highest BCUT2D eigenvalue weighted by Crippen LogP contribution is 2.27. The maximum atomic E-state index is 6.16. The van der Waals surface area contributed by atoms with Crippen LogP contribution >= 0.6 is 23.4 Å². The first-order chi connectivity index (χ1) is 9.31. The fourth-order valence-corrected chi connectivity index (χ4v) is 2.69. The van der Waals surface area contributed by atoms with Crippen LogP contribution in [0, 0.1) is 0 Å². The summed E-state index contributed by atoms with van der Waals surface area (Å²) >= 11 is 7.93. The molecule has 3 heteroatoms. The molecule has 0 saturated carbocycles. The Morgan fingerprint density at radius 2 is 1.84 bits per heavy atom. The van der Waals surface area contributed by atoms with Crippen LogP contribution < -0.4 is 5.32 Å². The lowest BCUT2D eigenvalue weighted by molar-refractivity contribution is 1.13. The molecule has 0 fully saturated rings. The van der Waals surface area contributed by atoms with Gasteiger partial charge in [0.2, 0.25) is 0 Å². The largest absolute Gasteiger partial charge is 0.380 e. The molecule has 1 N–H and O–H groups in total. The second-order valence-corrected chi connectivity index (χ2v) is 5.51. The Hall–Kier alpha value is -1.38. The van der Waals surface area contributed by atoms with Crippen LogP contribution in [0.1, 0.15) is 5.56 Å². The third-order valence-corrected chi connectivity index (χ3v) is 4.11. The number of hydrogen-bond acceptors (Lipinski definition) is 2. The van der Waals surface area contributed by atoms with Gasteiger partial charge in [0.1, 0.15) is 0 Å². The van der Waals surface area contributed by atoms with Crippen molar-refractivity contribution in [3.63, 3.8) is 0 Å². The molecule has 0 radical (unpaired) electrons. The minimum absolute atomic E-state index is 0.728. The third kappa shape index (κ3) is 4.05. The van der Waals surface area contributed by atoms with Crippen molar-refractivity contribution in [1.82, 2.24) is 0 Å². The van der Waals surface area contributed by atoms with E-state index in [4.69, 9.17) is 11.6 Å². The molecule has 0 aliphatic rings. The molecule has 0 aliphatic heterocycles. The molecule has 2 aromatic rings. The Morgan fingerprint density at radius 1 is 1.11 bits per heavy atom. The molecule has 0 bridgehead atoms. The van der Waals surface area contributed by atoms with E-state index in [1.165, 1.54) is 4.90 Å². The topological polar surface area (TPSA) is 12.0 Å². The van der Waals surface area contributed by atoms with Gasteiger partial charge in [-0.25, -0.2) is 0 Å². The van der Waals surface area contributed by atoms with E-state index in [9.17, 15) is 0 Å². The van der Waals surface area contributed by atoms with E-state index in [2.05, 4.69) is 24.0 Å². The number of benzene rings is 2. The van der Waals surface area contributed by atoms with Gasteiger partial charge in [-0.2, -0.15) is 0 Å². The molecule has 1 nitrogen and oxygen atoms in total. The van der Waals surface area contributed by atoms with Crippen LogP contribution in [-0.4, -0.2) is 5.75 Å². The fourth-order valence-electron chi connectivity index (χ4n) is 1.72. The minimum Gasteiger partial charge on any atom is -0.380 e. The lowest BCUT2D eigenvalue weighted by atomic mass is 10.2. The smallest absolute Gasteiger partial charge is 0.0481 e. The summed E-state index contributed by atoms with van der Waals surface area (Å²) in [5.74, 6) is 0.908. The van der Waals surface area contributed by atoms with Gasteiger partial charge in [0.15, 0.2) is 0 Å². The molecule has 98 valence electrons. The number of halogens is 1. The number of nitrogens with one attached hydrogen (secondary N) is 1. The predicted molar refractivity (Wildman–Crippen MR) is 86.1 cm³/mol. The number of para-hydroxylation sites is 1. The van der Waals surface area contributed by atoms with Crippen LogP contribution in [-0.2, 0) is 6.54 Å². The van der Waals surface area contributed by atoms with Crippen LogP contribution in [0.25, 0.3) is 0 Å². The van der Waals surface area contributed by atoms with Crippen molar-refractivity contribution < 1.29 is 0 Å². The maximum absolute atomic E-state index is 6.16. The Morgan fingerprint density at radius 3 is 2.63 bits per heavy atom. The van der Waals surface area contributed by atoms with E-state index in [1.54, 1.807) is 11.8 Å². The van der Waals surface area contributed by atoms with Crippen molar-refractivity contribution >= 4 is 29.1 Å². The number of thioether (sulfide) groups is 1. The SMILES string of the molecule is C=CCSc1ccccc1NCc1ccccc1Cl. The highest BCUT2D eigenvalue weighted by atomic mass is 35.5. The van der Waals surface area contributed by atoms with Gasteiger partial charge in [0.25, 0.3) is 0 Å². The predicted octanol–water partition coefficient (Wildman–Crippen LogP) is 5.23. The first kappa shape index (κ1) is 14.0. The molecule has 2 rings (SSSR count). The zero-order valence-corrected chi connectivity index (χ0v) is 12.2. The molecule has 0 atom stereocenters. The summed E-state index contributed by atoms with van der Waals surface area (Å²) in [6.07, 6.45) is 1.91. The number of hydrogen-bond donors (Lipinski definition) is 1. The molecule has 0 heterocycles. The van der Waals surface area contributed by atoms with E-state index in [0.717, 1.165) is 28.6 Å². The van der Waals surface area contributed by atoms with E-state index < -0.39 is 0 Å². The Bertz CT molecular complexity index is 554. The lowest BCUT2D eigenvalue weighted by Gasteiger charge is -2.12. The summed E-state index contributed by atoms with van der Waals surface area (Å²) in [7, 11) is 0. The van der Waals surface area contributed by atoms with Gasteiger partial charge >= 0.3 is 0 Å². The first-order valence-corrected chi connectivity index (χ1v) is 7.47. The molecule has 0 aliphatic carbocycles. The zero-order chi connectivity index (χ0) is 13.5. The standard InChI is InChI=1S/C16H16ClNS/c1-2-11-19-16-10-6-5-9-15(16)18-12-13-7-3-4-8-14(13)17/h2-10,18H,1,11-12H2. The quantitative estimate of drug-likeness (QED) is 0.577. The summed E-state index contributed by atoms with van der Waals surface area (Å²) in [5.41, 5.74) is 2.24. The first-order valence-electron chi connectivity index (χ1n) is 6.11. The molecule has 0 aromatic heterocycles. The molecular weight excluding hydrogens is 274 g/mol. The summed E-state index contributed by atoms with van der Waals surface area (Å²) in [6.45, 7) is 4.48. The second-order valence-electron chi connectivity index (χ2n) is 4.04. The van der Waals surface area contributed by atoms with Gasteiger partial charge in [0.05, 0.1) is 0 Å². The molecule has 0 saturated heterocycles. The fraction of sp³-hybridized carbons (Fsp3) is 0.125. The molecule has 2 aromatic carbocycles. The van der Waals surface area contributed by atoms with Gasteiger partial charge in [-0.3, -0.25) is 0 Å². The summed E-state index contributed by atoms with van der Waals surface area (Å²) in [5, 5.41) is 4.24. The normalized spacial score (nSPS) is 10.2. The van der Waals surface area contributed by atoms with E-state index in [0.29, 0.717) is 0 Å². The summed E-state index contributed by atoms with van der Waals surface area (Å²) in [4.78, 5) is 1.23. The molecule has 19 heavy (non-hydrogen) atoms. The van der Waals surface area contributed by atoms with Crippen LogP contribution in [0.2, 0.25) is 5.02 Å². The van der Waals surface area contributed by atoms with Crippen LogP contribution in [0.3, 0.4) is 0 Å². The summed E-state index contributed by atoms with van der Waals surface area (Å²) in [6, 6.07) is 16.2. The van der Waals surface area contributed by atoms with E-state index in [-0.39, 0.29) is 0 Å². The van der Waals surface area contributed by atoms with Gasteiger partial charge in [0, 0.05) is 27.9 Å². The lowest BCUT2D eigenvalue weighted by Crippen LogP contribution is -2.01. The third-order valence-electron chi connectivity index (χ3n) is 2.67. The van der Waals surface area contributed by atoms with E-state index in [1.807, 2.05) is 42.5 Å². The Labute approximate surface area is 123 Å². The van der Waals surface area contributed by atoms with Crippen molar-refractivity contribution in [3.05, 3.63) is 71.8 Å². The van der Waals surface area contributed by atoms with Crippen molar-refractivity contribution in [2.45, 2.75) is 11.4 Å². The van der Waals surface area contributed by atoms with Gasteiger partial charge in [-0.15, -0.1) is 18.3 Å². The molecule has 0 amide bonds. The monoisotopic (exact) mass is 289 g/mol. The van der Waals surface area contributed by atoms with Gasteiger partial charge < -0.3 is 5.32 Å². The van der Waals surface area contributed by atoms with Crippen LogP contribution in [0.5, 0.6) is 0 Å². The van der Waals surface area contributed by atoms with Crippen LogP contribution in [0.15, 0.2) is 66.1 Å². The number of anilines is 1. The highest BCUT2D eigenvalue weighted by molar-refractivity contribution is 7.99. The van der Waals surface area contributed by atoms with Crippen molar-refractivity contribution in [2.75, 3.05) is 11.1 Å². The Balaban J connectivity index is 2.07. The maximum Gasteiger partial charge on any atom is 0.0481 e. The summed E-state index contributed by atoms with van der Waals surface area (Å²) < 4.78 is 0. The minimum atomic E-state index is 0.728. The zero-order valence-electron chi connectivity index (χ0n) is 10.6. The van der Waals surface area contributed by atoms with Gasteiger partial charge in [-0.05, 0) is 23.8 Å². The number of rotatable bonds is 6. The van der Waals surface area contributed by atoms with E-state index >= 15 is 0 Å². The van der Waals surface area contributed by atoms with Gasteiger partial charge in [-0.1, -0.05) is 48.0 Å². The second kappa shape index (κ2) is 7.27. The molecule has 0 unspecified atom stereocenters. The van der Waals surface area contributed by atoms with Crippen molar-refractivity contribution in [3.8, 4) is 0 Å². The Kier molecular flexibility index (Phi) is 5.37. The van der Waals surface area contributed by atoms with Crippen LogP contribution in [0.4, 0.5) is 5.69 Å².